The number of morpholine rings is 1. The minimum absolute atomic E-state index is 0.0367. The number of hydrogen-bond acceptors (Lipinski definition) is 5. The molecule has 0 saturated carbocycles. The van der Waals surface area contributed by atoms with E-state index in [0.717, 1.165) is 6.07 Å². The zero-order valence-corrected chi connectivity index (χ0v) is 14.0. The van der Waals surface area contributed by atoms with Crippen molar-refractivity contribution in [2.45, 2.75) is 32.0 Å². The Morgan fingerprint density at radius 1 is 1.32 bits per heavy atom. The molecule has 1 aliphatic rings. The fourth-order valence-corrected chi connectivity index (χ4v) is 2.65. The maximum absolute atomic E-state index is 13.6. The minimum Gasteiger partial charge on any atom is -0.494 e. The van der Waals surface area contributed by atoms with E-state index in [2.05, 4.69) is 0 Å². The van der Waals surface area contributed by atoms with Crippen molar-refractivity contribution in [3.05, 3.63) is 29.6 Å². The zero-order chi connectivity index (χ0) is 18.6. The monoisotopic (exact) mass is 353 g/mol. The number of hydrogen-bond donors (Lipinski definition) is 1. The topological polar surface area (TPSA) is 93.1 Å². The Labute approximate surface area is 144 Å². The molecule has 1 amide bonds. The smallest absolute Gasteiger partial charge is 0.334 e. The van der Waals surface area contributed by atoms with Gasteiger partial charge in [-0.1, -0.05) is 0 Å². The number of carboxylic acids is 1. The van der Waals surface area contributed by atoms with Gasteiger partial charge < -0.3 is 19.5 Å². The van der Waals surface area contributed by atoms with E-state index in [4.69, 9.17) is 14.6 Å². The van der Waals surface area contributed by atoms with Crippen molar-refractivity contribution in [1.82, 2.24) is 4.90 Å². The SMILES string of the molecule is COc1ccc(C(=O)CCC(=O)N2CC(C(=O)O)O[C@H](C)C2)cc1F. The molecule has 1 aliphatic heterocycles. The second-order valence-corrected chi connectivity index (χ2v) is 5.84. The van der Waals surface area contributed by atoms with Crippen molar-refractivity contribution >= 4 is 17.7 Å². The van der Waals surface area contributed by atoms with Gasteiger partial charge in [0.15, 0.2) is 23.5 Å². The number of benzene rings is 1. The lowest BCUT2D eigenvalue weighted by atomic mass is 10.1. The molecule has 1 aromatic rings. The highest BCUT2D eigenvalue weighted by atomic mass is 19.1. The molecule has 0 aliphatic carbocycles. The molecule has 7 nitrogen and oxygen atoms in total. The van der Waals surface area contributed by atoms with Gasteiger partial charge in [0.25, 0.3) is 0 Å². The highest BCUT2D eigenvalue weighted by molar-refractivity contribution is 5.98. The molecule has 25 heavy (non-hydrogen) atoms. The first-order valence-corrected chi connectivity index (χ1v) is 7.84. The maximum Gasteiger partial charge on any atom is 0.334 e. The van der Waals surface area contributed by atoms with Crippen LogP contribution in [-0.4, -0.2) is 60.1 Å². The number of rotatable bonds is 6. The highest BCUT2D eigenvalue weighted by Crippen LogP contribution is 2.19. The molecule has 1 unspecified atom stereocenters. The van der Waals surface area contributed by atoms with Crippen LogP contribution in [0.25, 0.3) is 0 Å². The largest absolute Gasteiger partial charge is 0.494 e. The number of nitrogens with zero attached hydrogens (tertiary/aromatic N) is 1. The van der Waals surface area contributed by atoms with Gasteiger partial charge in [-0.2, -0.15) is 0 Å². The first kappa shape index (κ1) is 18.9. The Hall–Kier alpha value is -2.48. The van der Waals surface area contributed by atoms with E-state index in [1.807, 2.05) is 0 Å². The third kappa shape index (κ3) is 4.76. The van der Waals surface area contributed by atoms with Crippen molar-refractivity contribution in [2.75, 3.05) is 20.2 Å². The molecule has 1 fully saturated rings. The van der Waals surface area contributed by atoms with Crippen LogP contribution >= 0.6 is 0 Å². The van der Waals surface area contributed by atoms with Crippen LogP contribution in [0.15, 0.2) is 18.2 Å². The quantitative estimate of drug-likeness (QED) is 0.779. The van der Waals surface area contributed by atoms with E-state index in [-0.39, 0.29) is 48.9 Å². The van der Waals surface area contributed by atoms with Gasteiger partial charge in [0.05, 0.1) is 19.8 Å². The maximum atomic E-state index is 13.6. The van der Waals surface area contributed by atoms with Gasteiger partial charge >= 0.3 is 5.97 Å². The molecule has 0 spiro atoms. The van der Waals surface area contributed by atoms with Gasteiger partial charge in [-0.3, -0.25) is 9.59 Å². The summed E-state index contributed by atoms with van der Waals surface area (Å²) in [5.74, 6) is -2.44. The van der Waals surface area contributed by atoms with Gasteiger partial charge in [-0.15, -0.1) is 0 Å². The van der Waals surface area contributed by atoms with Crippen molar-refractivity contribution in [3.63, 3.8) is 0 Å². The van der Waals surface area contributed by atoms with Crippen LogP contribution < -0.4 is 4.74 Å². The number of amides is 1. The van der Waals surface area contributed by atoms with Crippen molar-refractivity contribution < 1.29 is 33.4 Å². The summed E-state index contributed by atoms with van der Waals surface area (Å²) in [4.78, 5) is 36.8. The number of carboxylic acid groups (broad SMARTS) is 1. The van der Waals surface area contributed by atoms with E-state index < -0.39 is 24.0 Å². The number of aliphatic carboxylic acids is 1. The number of Topliss-reactive ketones (excluding diaryl/α,β-unsaturated/α-hetero) is 1. The number of carbonyl (C=O) groups is 3. The molecular weight excluding hydrogens is 333 g/mol. The first-order chi connectivity index (χ1) is 11.8. The molecule has 1 heterocycles. The summed E-state index contributed by atoms with van der Waals surface area (Å²) < 4.78 is 23.7. The summed E-state index contributed by atoms with van der Waals surface area (Å²) in [6.45, 7) is 1.90. The zero-order valence-electron chi connectivity index (χ0n) is 14.0. The van der Waals surface area contributed by atoms with Crippen molar-refractivity contribution in [1.29, 1.82) is 0 Å². The number of ether oxygens (including phenoxy) is 2. The van der Waals surface area contributed by atoms with Gasteiger partial charge in [-0.25, -0.2) is 9.18 Å². The second kappa shape index (κ2) is 8.06. The van der Waals surface area contributed by atoms with Crippen LogP contribution in [0.2, 0.25) is 0 Å². The highest BCUT2D eigenvalue weighted by Gasteiger charge is 2.32. The van der Waals surface area contributed by atoms with Crippen LogP contribution in [0, 0.1) is 5.82 Å². The van der Waals surface area contributed by atoms with Gasteiger partial charge in [0, 0.05) is 24.9 Å². The second-order valence-electron chi connectivity index (χ2n) is 5.84. The van der Waals surface area contributed by atoms with E-state index in [9.17, 15) is 18.8 Å². The van der Waals surface area contributed by atoms with E-state index >= 15 is 0 Å². The van der Waals surface area contributed by atoms with Crippen LogP contribution in [0.3, 0.4) is 0 Å². The fraction of sp³-hybridized carbons (Fsp3) is 0.471. The molecule has 1 aromatic carbocycles. The Morgan fingerprint density at radius 3 is 2.64 bits per heavy atom. The normalized spacial score (nSPS) is 20.2. The number of methoxy groups -OCH3 is 1. The van der Waals surface area contributed by atoms with Crippen molar-refractivity contribution in [2.24, 2.45) is 0 Å². The summed E-state index contributed by atoms with van der Waals surface area (Å²) in [5, 5.41) is 9.03. The third-order valence-electron chi connectivity index (χ3n) is 3.93. The lowest BCUT2D eigenvalue weighted by molar-refractivity contribution is -0.166. The molecule has 0 bridgehead atoms. The molecule has 0 aromatic heterocycles. The summed E-state index contributed by atoms with van der Waals surface area (Å²) in [7, 11) is 1.33. The molecule has 2 rings (SSSR count). The van der Waals surface area contributed by atoms with Crippen LogP contribution in [0.5, 0.6) is 5.75 Å². The van der Waals surface area contributed by atoms with E-state index in [1.54, 1.807) is 6.92 Å². The van der Waals surface area contributed by atoms with Crippen LogP contribution in [0.4, 0.5) is 4.39 Å². The van der Waals surface area contributed by atoms with Crippen molar-refractivity contribution in [3.8, 4) is 5.75 Å². The molecule has 2 atom stereocenters. The number of carbonyl (C=O) groups excluding carboxylic acids is 2. The predicted molar refractivity (Wildman–Crippen MR) is 85.1 cm³/mol. The molecule has 8 heteroatoms. The lowest BCUT2D eigenvalue weighted by Crippen LogP contribution is -2.51. The Bertz CT molecular complexity index is 677. The Kier molecular flexibility index (Phi) is 6.08. The minimum atomic E-state index is -1.13. The van der Waals surface area contributed by atoms with Gasteiger partial charge in [0.2, 0.25) is 5.91 Å². The molecule has 1 N–H and O–H groups in total. The van der Waals surface area contributed by atoms with Crippen LogP contribution in [0.1, 0.15) is 30.1 Å². The summed E-state index contributed by atoms with van der Waals surface area (Å²) in [5.41, 5.74) is 0.157. The van der Waals surface area contributed by atoms with E-state index in [0.29, 0.717) is 0 Å². The summed E-state index contributed by atoms with van der Waals surface area (Å²) in [6.07, 6.45) is -1.64. The van der Waals surface area contributed by atoms with Gasteiger partial charge in [0.1, 0.15) is 0 Å². The standard InChI is InChI=1S/C17H20FNO6/c1-10-8-19(9-15(25-10)17(22)23)16(21)6-4-13(20)11-3-5-14(24-2)12(18)7-11/h3,5,7,10,15H,4,6,8-9H2,1-2H3,(H,22,23)/t10-,15?/m1/s1. The Balaban J connectivity index is 1.93. The predicted octanol–water partition coefficient (Wildman–Crippen LogP) is 1.50. The lowest BCUT2D eigenvalue weighted by Gasteiger charge is -2.35. The van der Waals surface area contributed by atoms with Crippen LogP contribution in [-0.2, 0) is 14.3 Å². The molecular formula is C17H20FNO6. The number of ketones is 1. The average Bonchev–Trinajstić information content (AvgIpc) is 2.58. The third-order valence-corrected chi connectivity index (χ3v) is 3.93. The fourth-order valence-electron chi connectivity index (χ4n) is 2.65. The molecule has 1 saturated heterocycles. The summed E-state index contributed by atoms with van der Waals surface area (Å²) >= 11 is 0. The molecule has 136 valence electrons. The first-order valence-electron chi connectivity index (χ1n) is 7.84. The van der Waals surface area contributed by atoms with Gasteiger partial charge in [-0.05, 0) is 25.1 Å². The summed E-state index contributed by atoms with van der Waals surface area (Å²) in [6, 6.07) is 3.86. The van der Waals surface area contributed by atoms with E-state index in [1.165, 1.54) is 24.1 Å². The number of halogens is 1. The molecule has 0 radical (unpaired) electrons. The Morgan fingerprint density at radius 2 is 2.04 bits per heavy atom. The average molecular weight is 353 g/mol.